The number of hydrazine groups is 1. The highest BCUT2D eigenvalue weighted by molar-refractivity contribution is 5.96. The van der Waals surface area contributed by atoms with E-state index in [1.54, 1.807) is 57.4 Å². The van der Waals surface area contributed by atoms with Crippen LogP contribution in [0.2, 0.25) is 0 Å². The molecule has 1 amide bonds. The van der Waals surface area contributed by atoms with Crippen molar-refractivity contribution < 1.29 is 19.1 Å². The van der Waals surface area contributed by atoms with Crippen LogP contribution in [-0.2, 0) is 9.53 Å². The number of carbonyl (C=O) groups is 2. The van der Waals surface area contributed by atoms with Crippen LogP contribution < -0.4 is 26.6 Å². The molecule has 0 saturated heterocycles. The van der Waals surface area contributed by atoms with Crippen molar-refractivity contribution in [3.05, 3.63) is 87.5 Å². The van der Waals surface area contributed by atoms with Crippen LogP contribution in [-0.4, -0.2) is 35.1 Å². The van der Waals surface area contributed by atoms with Gasteiger partial charge in [-0.15, -0.1) is 0 Å². The van der Waals surface area contributed by atoms with Gasteiger partial charge in [0.25, 0.3) is 5.91 Å². The highest BCUT2D eigenvalue weighted by atomic mass is 16.5. The van der Waals surface area contributed by atoms with Gasteiger partial charge in [0.2, 0.25) is 0 Å². The first-order chi connectivity index (χ1) is 17.3. The van der Waals surface area contributed by atoms with Crippen molar-refractivity contribution >= 4 is 23.5 Å². The number of aromatic nitrogens is 2. The predicted molar refractivity (Wildman–Crippen MR) is 135 cm³/mol. The van der Waals surface area contributed by atoms with Crippen molar-refractivity contribution in [2.45, 2.75) is 26.7 Å². The zero-order valence-corrected chi connectivity index (χ0v) is 20.4. The van der Waals surface area contributed by atoms with Gasteiger partial charge in [-0.05, 0) is 50.2 Å². The summed E-state index contributed by atoms with van der Waals surface area (Å²) in [6.45, 7) is 5.54. The van der Waals surface area contributed by atoms with Crippen LogP contribution in [0.15, 0.2) is 70.7 Å². The molecule has 1 aliphatic rings. The Balaban J connectivity index is 1.76. The van der Waals surface area contributed by atoms with Gasteiger partial charge in [-0.1, -0.05) is 25.1 Å². The lowest BCUT2D eigenvalue weighted by molar-refractivity contribution is -0.138. The molecule has 4 rings (SSSR count). The Morgan fingerprint density at radius 1 is 1.11 bits per heavy atom. The molecule has 186 valence electrons. The molecular formula is C26H27N5O5. The van der Waals surface area contributed by atoms with Gasteiger partial charge in [0, 0.05) is 22.7 Å². The van der Waals surface area contributed by atoms with E-state index in [1.807, 2.05) is 25.1 Å². The standard InChI is InChI=1S/C26H27N5O5/c1-5-36-25(33)20-15(2)21-22(29-30-24(32)17-11-13-19(35-4)14-12-17)28-26(34)31(23(21)27-16(20)3)18-9-7-6-8-10-18/h6-15,27H,5H2,1-4H3,(H,30,32)(H,28,29,34). The van der Waals surface area contributed by atoms with Gasteiger partial charge in [-0.3, -0.25) is 15.6 Å². The number of para-hydroxylation sites is 1. The summed E-state index contributed by atoms with van der Waals surface area (Å²) < 4.78 is 11.8. The summed E-state index contributed by atoms with van der Waals surface area (Å²) in [6.07, 6.45) is 0. The molecule has 0 bridgehead atoms. The van der Waals surface area contributed by atoms with Crippen LogP contribution in [0.25, 0.3) is 5.69 Å². The number of nitrogens with zero attached hydrogens (tertiary/aromatic N) is 2. The van der Waals surface area contributed by atoms with Crippen LogP contribution >= 0.6 is 0 Å². The maximum absolute atomic E-state index is 13.2. The number of fused-ring (bicyclic) bond motifs is 1. The van der Waals surface area contributed by atoms with Crippen molar-refractivity contribution in [1.82, 2.24) is 15.0 Å². The molecule has 10 nitrogen and oxygen atoms in total. The van der Waals surface area contributed by atoms with Gasteiger partial charge in [-0.25, -0.2) is 14.2 Å². The number of anilines is 2. The summed E-state index contributed by atoms with van der Waals surface area (Å²) in [5.41, 5.74) is 7.30. The number of rotatable bonds is 7. The summed E-state index contributed by atoms with van der Waals surface area (Å²) in [7, 11) is 1.54. The second kappa shape index (κ2) is 10.3. The summed E-state index contributed by atoms with van der Waals surface area (Å²) in [5.74, 6) is -0.212. The van der Waals surface area contributed by atoms with E-state index in [9.17, 15) is 14.4 Å². The minimum Gasteiger partial charge on any atom is -0.497 e. The fourth-order valence-corrected chi connectivity index (χ4v) is 4.16. The molecule has 0 spiro atoms. The average molecular weight is 490 g/mol. The third-order valence-electron chi connectivity index (χ3n) is 5.86. The van der Waals surface area contributed by atoms with Gasteiger partial charge in [-0.2, -0.15) is 4.98 Å². The Morgan fingerprint density at radius 2 is 1.81 bits per heavy atom. The Hall–Kier alpha value is -4.60. The van der Waals surface area contributed by atoms with Crippen molar-refractivity contribution in [1.29, 1.82) is 0 Å². The van der Waals surface area contributed by atoms with Crippen LogP contribution in [0.4, 0.5) is 11.6 Å². The Kier molecular flexibility index (Phi) is 7.05. The lowest BCUT2D eigenvalue weighted by Crippen LogP contribution is -2.36. The van der Waals surface area contributed by atoms with E-state index in [-0.39, 0.29) is 12.4 Å². The summed E-state index contributed by atoms with van der Waals surface area (Å²) in [5, 5.41) is 3.20. The quantitative estimate of drug-likeness (QED) is 0.341. The van der Waals surface area contributed by atoms with E-state index >= 15 is 0 Å². The number of hydrogen-bond donors (Lipinski definition) is 3. The average Bonchev–Trinajstić information content (AvgIpc) is 2.87. The summed E-state index contributed by atoms with van der Waals surface area (Å²) >= 11 is 0. The maximum atomic E-state index is 13.2. The fraction of sp³-hybridized carbons (Fsp3) is 0.231. The molecule has 1 unspecified atom stereocenters. The van der Waals surface area contributed by atoms with Crippen LogP contribution in [0.3, 0.4) is 0 Å². The van der Waals surface area contributed by atoms with Gasteiger partial charge in [0.15, 0.2) is 5.82 Å². The number of carbonyl (C=O) groups excluding carboxylic acids is 2. The predicted octanol–water partition coefficient (Wildman–Crippen LogP) is 3.36. The summed E-state index contributed by atoms with van der Waals surface area (Å²) in [4.78, 5) is 42.9. The number of amides is 1. The molecule has 3 N–H and O–H groups in total. The first-order valence-corrected chi connectivity index (χ1v) is 11.4. The number of nitrogens with one attached hydrogen (secondary N) is 3. The largest absolute Gasteiger partial charge is 0.497 e. The zero-order chi connectivity index (χ0) is 25.8. The Labute approximate surface area is 207 Å². The van der Waals surface area contributed by atoms with Crippen LogP contribution in [0.5, 0.6) is 5.75 Å². The highest BCUT2D eigenvalue weighted by Gasteiger charge is 2.34. The molecule has 0 aliphatic carbocycles. The molecule has 36 heavy (non-hydrogen) atoms. The topological polar surface area (TPSA) is 124 Å². The van der Waals surface area contributed by atoms with Crippen molar-refractivity contribution in [3.63, 3.8) is 0 Å². The minimum atomic E-state index is -0.562. The maximum Gasteiger partial charge on any atom is 0.355 e. The van der Waals surface area contributed by atoms with Crippen molar-refractivity contribution in [2.75, 3.05) is 24.5 Å². The van der Waals surface area contributed by atoms with E-state index in [1.165, 1.54) is 4.57 Å². The SMILES string of the molecule is CCOC(=O)C1=C(C)Nc2c(c(NNC(=O)c3ccc(OC)cc3)nc(=O)n2-c2ccccc2)C1C. The number of allylic oxidation sites excluding steroid dienone is 1. The molecule has 1 atom stereocenters. The van der Waals surface area contributed by atoms with E-state index in [4.69, 9.17) is 9.47 Å². The molecule has 1 aromatic heterocycles. The van der Waals surface area contributed by atoms with Crippen molar-refractivity contribution in [3.8, 4) is 11.4 Å². The van der Waals surface area contributed by atoms with Crippen molar-refractivity contribution in [2.24, 2.45) is 0 Å². The molecule has 3 aromatic rings. The van der Waals surface area contributed by atoms with E-state index < -0.39 is 23.5 Å². The molecule has 1 aliphatic heterocycles. The molecule has 10 heteroatoms. The minimum absolute atomic E-state index is 0.123. The van der Waals surface area contributed by atoms with Crippen LogP contribution in [0.1, 0.15) is 42.6 Å². The van der Waals surface area contributed by atoms with Gasteiger partial charge >= 0.3 is 11.7 Å². The molecule has 2 aromatic carbocycles. The van der Waals surface area contributed by atoms with E-state index in [0.29, 0.717) is 39.7 Å². The first-order valence-electron chi connectivity index (χ1n) is 11.4. The molecular weight excluding hydrogens is 462 g/mol. The molecule has 0 radical (unpaired) electrons. The Bertz CT molecular complexity index is 1380. The number of benzene rings is 2. The van der Waals surface area contributed by atoms with Crippen LogP contribution in [0, 0.1) is 0 Å². The number of ether oxygens (including phenoxy) is 2. The summed E-state index contributed by atoms with van der Waals surface area (Å²) in [6, 6.07) is 15.6. The van der Waals surface area contributed by atoms with Gasteiger partial charge in [0.1, 0.15) is 11.6 Å². The van der Waals surface area contributed by atoms with Gasteiger partial charge in [0.05, 0.1) is 25.0 Å². The number of hydrogen-bond acceptors (Lipinski definition) is 8. The number of methoxy groups -OCH3 is 1. The first kappa shape index (κ1) is 24.5. The van der Waals surface area contributed by atoms with E-state index in [2.05, 4.69) is 21.2 Å². The third kappa shape index (κ3) is 4.65. The van der Waals surface area contributed by atoms with Gasteiger partial charge < -0.3 is 14.8 Å². The highest BCUT2D eigenvalue weighted by Crippen LogP contribution is 2.41. The third-order valence-corrected chi connectivity index (χ3v) is 5.86. The smallest absolute Gasteiger partial charge is 0.355 e. The second-order valence-corrected chi connectivity index (χ2v) is 8.09. The molecule has 2 heterocycles. The Morgan fingerprint density at radius 3 is 2.44 bits per heavy atom. The zero-order valence-electron chi connectivity index (χ0n) is 20.4. The normalized spacial score (nSPS) is 14.4. The van der Waals surface area contributed by atoms with E-state index in [0.717, 1.165) is 0 Å². The lowest BCUT2D eigenvalue weighted by atomic mass is 9.89. The lowest BCUT2D eigenvalue weighted by Gasteiger charge is -2.30. The fourth-order valence-electron chi connectivity index (χ4n) is 4.16. The number of esters is 1. The second-order valence-electron chi connectivity index (χ2n) is 8.09. The molecule has 0 saturated carbocycles. The monoisotopic (exact) mass is 489 g/mol. The molecule has 0 fully saturated rings.